The van der Waals surface area contributed by atoms with E-state index in [4.69, 9.17) is 14.2 Å². The molecule has 0 saturated carbocycles. The van der Waals surface area contributed by atoms with E-state index in [-0.39, 0.29) is 5.97 Å². The van der Waals surface area contributed by atoms with Crippen LogP contribution in [-0.2, 0) is 22.7 Å². The Morgan fingerprint density at radius 1 is 1.00 bits per heavy atom. The number of esters is 1. The second-order valence-electron chi connectivity index (χ2n) is 5.13. The minimum Gasteiger partial charge on any atom is -0.496 e. The fourth-order valence-electron chi connectivity index (χ4n) is 2.34. The van der Waals surface area contributed by atoms with E-state index in [0.717, 1.165) is 11.1 Å². The van der Waals surface area contributed by atoms with Crippen molar-refractivity contribution < 1.29 is 19.0 Å². The molecular weight excluding hydrogens is 292 g/mol. The summed E-state index contributed by atoms with van der Waals surface area (Å²) in [5.41, 5.74) is 3.51. The van der Waals surface area contributed by atoms with Crippen LogP contribution in [0.25, 0.3) is 0 Å². The van der Waals surface area contributed by atoms with Crippen molar-refractivity contribution in [1.82, 2.24) is 0 Å². The molecule has 0 aliphatic heterocycles. The number of methoxy groups -OCH3 is 1. The number of hydrogen-bond acceptors (Lipinski definition) is 4. The van der Waals surface area contributed by atoms with Crippen molar-refractivity contribution in [2.45, 2.75) is 27.1 Å². The number of rotatable bonds is 7. The molecule has 0 aliphatic carbocycles. The van der Waals surface area contributed by atoms with Crippen molar-refractivity contribution in [3.63, 3.8) is 0 Å². The normalized spacial score (nSPS) is 10.4. The molecule has 2 aromatic carbocycles. The van der Waals surface area contributed by atoms with Crippen molar-refractivity contribution in [1.29, 1.82) is 0 Å². The lowest BCUT2D eigenvalue weighted by Gasteiger charge is -2.13. The topological polar surface area (TPSA) is 44.8 Å². The first kappa shape index (κ1) is 17.0. The Labute approximate surface area is 137 Å². The van der Waals surface area contributed by atoms with E-state index >= 15 is 0 Å². The molecule has 0 N–H and O–H groups in total. The number of ether oxygens (including phenoxy) is 3. The van der Waals surface area contributed by atoms with E-state index in [1.165, 1.54) is 12.7 Å². The van der Waals surface area contributed by atoms with Crippen LogP contribution in [0.1, 0.15) is 34.0 Å². The van der Waals surface area contributed by atoms with E-state index < -0.39 is 0 Å². The summed E-state index contributed by atoms with van der Waals surface area (Å²) in [5.74, 6) is 0.111. The minimum atomic E-state index is -0.389. The van der Waals surface area contributed by atoms with Crippen LogP contribution in [-0.4, -0.2) is 19.7 Å². The molecule has 0 amide bonds. The first-order valence-electron chi connectivity index (χ1n) is 7.62. The minimum absolute atomic E-state index is 0.319. The van der Waals surface area contributed by atoms with Crippen molar-refractivity contribution in [3.05, 3.63) is 64.7 Å². The van der Waals surface area contributed by atoms with Gasteiger partial charge >= 0.3 is 5.97 Å². The second-order valence-corrected chi connectivity index (χ2v) is 5.13. The number of carbonyl (C=O) groups excluding carboxylic acids is 1. The van der Waals surface area contributed by atoms with Crippen LogP contribution >= 0.6 is 0 Å². The Hall–Kier alpha value is -2.33. The third-order valence-electron chi connectivity index (χ3n) is 3.59. The molecule has 0 aromatic heterocycles. The van der Waals surface area contributed by atoms with Crippen LogP contribution in [0.2, 0.25) is 0 Å². The van der Waals surface area contributed by atoms with E-state index in [0.29, 0.717) is 31.1 Å². The van der Waals surface area contributed by atoms with Gasteiger partial charge in [0.25, 0.3) is 0 Å². The maximum absolute atomic E-state index is 12.2. The zero-order valence-corrected chi connectivity index (χ0v) is 13.8. The van der Waals surface area contributed by atoms with Gasteiger partial charge in [0.05, 0.1) is 26.9 Å². The second kappa shape index (κ2) is 8.34. The molecule has 0 spiro atoms. The number of benzene rings is 2. The molecule has 0 unspecified atom stereocenters. The maximum atomic E-state index is 12.2. The van der Waals surface area contributed by atoms with Crippen molar-refractivity contribution in [2.75, 3.05) is 13.7 Å². The number of aryl methyl sites for hydroxylation is 1. The summed E-state index contributed by atoms with van der Waals surface area (Å²) < 4.78 is 16.2. The lowest BCUT2D eigenvalue weighted by Crippen LogP contribution is -2.11. The van der Waals surface area contributed by atoms with Crippen molar-refractivity contribution >= 4 is 5.97 Å². The van der Waals surface area contributed by atoms with Crippen LogP contribution in [0.4, 0.5) is 0 Å². The molecule has 0 saturated heterocycles. The fraction of sp³-hybridized carbons (Fsp3) is 0.316. The van der Waals surface area contributed by atoms with Crippen LogP contribution in [0, 0.1) is 6.92 Å². The first-order valence-corrected chi connectivity index (χ1v) is 7.62. The molecule has 4 nitrogen and oxygen atoms in total. The summed E-state index contributed by atoms with van der Waals surface area (Å²) in [4.78, 5) is 12.2. The third-order valence-corrected chi connectivity index (χ3v) is 3.59. The summed E-state index contributed by atoms with van der Waals surface area (Å²) >= 11 is 0. The number of carbonyl (C=O) groups is 1. The summed E-state index contributed by atoms with van der Waals surface area (Å²) in [6.07, 6.45) is 0. The van der Waals surface area contributed by atoms with Crippen LogP contribution in [0.3, 0.4) is 0 Å². The van der Waals surface area contributed by atoms with Crippen molar-refractivity contribution in [3.8, 4) is 5.75 Å². The Bertz CT molecular complexity index is 664. The summed E-state index contributed by atoms with van der Waals surface area (Å²) in [6.45, 7) is 4.96. The molecule has 0 aliphatic rings. The largest absolute Gasteiger partial charge is 0.496 e. The molecule has 23 heavy (non-hydrogen) atoms. The Balaban J connectivity index is 2.13. The molecule has 0 fully saturated rings. The highest BCUT2D eigenvalue weighted by Gasteiger charge is 2.18. The lowest BCUT2D eigenvalue weighted by atomic mass is 10.1. The predicted molar refractivity (Wildman–Crippen MR) is 88.6 cm³/mol. The highest BCUT2D eigenvalue weighted by molar-refractivity contribution is 5.94. The van der Waals surface area contributed by atoms with Gasteiger partial charge in [-0.1, -0.05) is 36.4 Å². The molecule has 4 heteroatoms. The molecule has 0 atom stereocenters. The fourth-order valence-corrected chi connectivity index (χ4v) is 2.34. The Morgan fingerprint density at radius 2 is 1.70 bits per heavy atom. The lowest BCUT2D eigenvalue weighted by molar-refractivity contribution is 0.0512. The molecule has 0 heterocycles. The van der Waals surface area contributed by atoms with Crippen molar-refractivity contribution in [2.24, 2.45) is 0 Å². The Kier molecular flexibility index (Phi) is 6.18. The quantitative estimate of drug-likeness (QED) is 0.727. The molecular formula is C19H22O4. The van der Waals surface area contributed by atoms with Gasteiger partial charge in [-0.05, 0) is 36.6 Å². The van der Waals surface area contributed by atoms with E-state index in [1.54, 1.807) is 13.0 Å². The van der Waals surface area contributed by atoms with Gasteiger partial charge in [-0.15, -0.1) is 0 Å². The molecule has 2 rings (SSSR count). The zero-order valence-electron chi connectivity index (χ0n) is 13.8. The summed E-state index contributed by atoms with van der Waals surface area (Å²) in [7, 11) is 1.54. The summed E-state index contributed by atoms with van der Waals surface area (Å²) in [6, 6.07) is 13.5. The van der Waals surface area contributed by atoms with Crippen LogP contribution in [0.5, 0.6) is 5.75 Å². The summed E-state index contributed by atoms with van der Waals surface area (Å²) in [5, 5.41) is 0. The average molecular weight is 314 g/mol. The molecule has 0 radical (unpaired) electrons. The monoisotopic (exact) mass is 314 g/mol. The van der Waals surface area contributed by atoms with Gasteiger partial charge in [-0.3, -0.25) is 0 Å². The maximum Gasteiger partial charge on any atom is 0.342 e. The van der Waals surface area contributed by atoms with Gasteiger partial charge in [0.1, 0.15) is 11.3 Å². The average Bonchev–Trinajstić information content (AvgIpc) is 2.56. The van der Waals surface area contributed by atoms with Gasteiger partial charge in [0, 0.05) is 0 Å². The van der Waals surface area contributed by atoms with Crippen LogP contribution in [0.15, 0.2) is 42.5 Å². The Morgan fingerprint density at radius 3 is 2.39 bits per heavy atom. The zero-order chi connectivity index (χ0) is 16.7. The SMILES string of the molecule is CCOC(=O)c1c(COCc2ccccc2C)cccc1OC. The van der Waals surface area contributed by atoms with Crippen LogP contribution < -0.4 is 4.74 Å². The third kappa shape index (κ3) is 4.33. The van der Waals surface area contributed by atoms with E-state index in [1.807, 2.05) is 43.3 Å². The predicted octanol–water partition coefficient (Wildman–Crippen LogP) is 3.90. The molecule has 2 aromatic rings. The standard InChI is InChI=1S/C19H22O4/c1-4-23-19(20)18-16(10-7-11-17(18)21-3)13-22-12-15-9-6-5-8-14(15)2/h5-11H,4,12-13H2,1-3H3. The first-order chi connectivity index (χ1) is 11.2. The highest BCUT2D eigenvalue weighted by atomic mass is 16.5. The molecule has 0 bridgehead atoms. The smallest absolute Gasteiger partial charge is 0.342 e. The van der Waals surface area contributed by atoms with Gasteiger partial charge in [0.2, 0.25) is 0 Å². The number of hydrogen-bond donors (Lipinski definition) is 0. The van der Waals surface area contributed by atoms with Gasteiger partial charge in [-0.2, -0.15) is 0 Å². The highest BCUT2D eigenvalue weighted by Crippen LogP contribution is 2.24. The van der Waals surface area contributed by atoms with E-state index in [9.17, 15) is 4.79 Å². The van der Waals surface area contributed by atoms with Gasteiger partial charge in [-0.25, -0.2) is 4.79 Å². The molecule has 122 valence electrons. The van der Waals surface area contributed by atoms with Gasteiger partial charge < -0.3 is 14.2 Å². The van der Waals surface area contributed by atoms with Gasteiger partial charge in [0.15, 0.2) is 0 Å². The van der Waals surface area contributed by atoms with E-state index in [2.05, 4.69) is 0 Å².